The molecule has 1 aliphatic heterocycles. The highest BCUT2D eigenvalue weighted by Crippen LogP contribution is 2.16. The second-order valence-corrected chi connectivity index (χ2v) is 3.56. The lowest BCUT2D eigenvalue weighted by molar-refractivity contribution is 0.0475. The first-order chi connectivity index (χ1) is 7.79. The first kappa shape index (κ1) is 11.1. The predicted molar refractivity (Wildman–Crippen MR) is 52.9 cm³/mol. The van der Waals surface area contributed by atoms with E-state index in [0.29, 0.717) is 18.9 Å². The van der Waals surface area contributed by atoms with Crippen LogP contribution in [0.4, 0.5) is 0 Å². The van der Waals surface area contributed by atoms with Crippen molar-refractivity contribution in [2.75, 3.05) is 13.2 Å². The summed E-state index contributed by atoms with van der Waals surface area (Å²) in [5.74, 6) is -0.238. The van der Waals surface area contributed by atoms with Crippen LogP contribution < -0.4 is 0 Å². The first-order valence-corrected chi connectivity index (χ1v) is 5.40. The number of rotatable bonds is 4. The molecule has 1 saturated heterocycles. The predicted octanol–water partition coefficient (Wildman–Crippen LogP) is 0.968. The Morgan fingerprint density at radius 2 is 2.44 bits per heavy atom. The van der Waals surface area contributed by atoms with Gasteiger partial charge in [0.15, 0.2) is 0 Å². The molecule has 1 fully saturated rings. The van der Waals surface area contributed by atoms with E-state index in [1.807, 2.05) is 0 Å². The minimum atomic E-state index is -0.575. The van der Waals surface area contributed by atoms with Gasteiger partial charge in [-0.3, -0.25) is 0 Å². The van der Waals surface area contributed by atoms with E-state index in [1.165, 1.54) is 0 Å². The van der Waals surface area contributed by atoms with Crippen molar-refractivity contribution in [3.63, 3.8) is 0 Å². The first-order valence-electron chi connectivity index (χ1n) is 5.40. The SMILES string of the molecule is CCOC(=O)c1nnc(CC2CCCO2)o1. The van der Waals surface area contributed by atoms with Gasteiger partial charge in [-0.1, -0.05) is 0 Å². The van der Waals surface area contributed by atoms with Crippen LogP contribution in [-0.2, 0) is 15.9 Å². The lowest BCUT2D eigenvalue weighted by atomic mass is 10.2. The van der Waals surface area contributed by atoms with Crippen molar-refractivity contribution in [3.8, 4) is 0 Å². The standard InChI is InChI=1S/C10H14N2O4/c1-2-14-10(13)9-12-11-8(16-9)6-7-4-3-5-15-7/h7H,2-6H2,1H3. The smallest absolute Gasteiger partial charge is 0.396 e. The second-order valence-electron chi connectivity index (χ2n) is 3.56. The van der Waals surface area contributed by atoms with Crippen LogP contribution in [0.2, 0.25) is 0 Å². The van der Waals surface area contributed by atoms with Crippen LogP contribution in [0.25, 0.3) is 0 Å². The highest BCUT2D eigenvalue weighted by atomic mass is 16.5. The number of carbonyl (C=O) groups is 1. The fraction of sp³-hybridized carbons (Fsp3) is 0.700. The van der Waals surface area contributed by atoms with Gasteiger partial charge in [-0.05, 0) is 19.8 Å². The third kappa shape index (κ3) is 2.57. The molecule has 88 valence electrons. The Hall–Kier alpha value is -1.43. The highest BCUT2D eigenvalue weighted by molar-refractivity contribution is 5.83. The molecular weight excluding hydrogens is 212 g/mol. The normalized spacial score (nSPS) is 19.9. The van der Waals surface area contributed by atoms with Crippen molar-refractivity contribution in [2.24, 2.45) is 0 Å². The maximum atomic E-state index is 11.2. The summed E-state index contributed by atoms with van der Waals surface area (Å²) in [6.07, 6.45) is 2.75. The molecule has 1 aromatic rings. The largest absolute Gasteiger partial charge is 0.459 e. The summed E-state index contributed by atoms with van der Waals surface area (Å²) < 4.78 is 15.4. The zero-order chi connectivity index (χ0) is 11.4. The van der Waals surface area contributed by atoms with Crippen molar-refractivity contribution in [2.45, 2.75) is 32.3 Å². The third-order valence-electron chi connectivity index (χ3n) is 2.34. The number of carbonyl (C=O) groups excluding carboxylic acids is 1. The average molecular weight is 226 g/mol. The van der Waals surface area contributed by atoms with Crippen molar-refractivity contribution >= 4 is 5.97 Å². The van der Waals surface area contributed by atoms with E-state index in [1.54, 1.807) is 6.92 Å². The van der Waals surface area contributed by atoms with E-state index in [0.717, 1.165) is 19.4 Å². The van der Waals surface area contributed by atoms with E-state index in [-0.39, 0.29) is 12.0 Å². The van der Waals surface area contributed by atoms with Crippen LogP contribution in [0.15, 0.2) is 4.42 Å². The molecule has 0 N–H and O–H groups in total. The van der Waals surface area contributed by atoms with Gasteiger partial charge in [0.2, 0.25) is 5.89 Å². The van der Waals surface area contributed by atoms with Gasteiger partial charge in [-0.15, -0.1) is 10.2 Å². The molecule has 0 amide bonds. The van der Waals surface area contributed by atoms with Gasteiger partial charge in [0.05, 0.1) is 19.1 Å². The van der Waals surface area contributed by atoms with Crippen molar-refractivity contribution < 1.29 is 18.7 Å². The molecule has 1 unspecified atom stereocenters. The summed E-state index contributed by atoms with van der Waals surface area (Å²) in [6.45, 7) is 2.80. The van der Waals surface area contributed by atoms with Gasteiger partial charge in [-0.2, -0.15) is 0 Å². The summed E-state index contributed by atoms with van der Waals surface area (Å²) >= 11 is 0. The second kappa shape index (κ2) is 5.07. The molecule has 6 nitrogen and oxygen atoms in total. The quantitative estimate of drug-likeness (QED) is 0.712. The molecule has 0 bridgehead atoms. The van der Waals surface area contributed by atoms with Gasteiger partial charge in [-0.25, -0.2) is 4.79 Å². The Balaban J connectivity index is 1.93. The summed E-state index contributed by atoms with van der Waals surface area (Å²) in [6, 6.07) is 0. The summed E-state index contributed by atoms with van der Waals surface area (Å²) in [7, 11) is 0. The van der Waals surface area contributed by atoms with E-state index < -0.39 is 5.97 Å². The molecule has 2 rings (SSSR count). The van der Waals surface area contributed by atoms with Crippen LogP contribution >= 0.6 is 0 Å². The average Bonchev–Trinajstić information content (AvgIpc) is 2.90. The molecular formula is C10H14N2O4. The molecule has 1 atom stereocenters. The minimum absolute atomic E-state index is 0.0881. The summed E-state index contributed by atoms with van der Waals surface area (Å²) in [5, 5.41) is 7.42. The fourth-order valence-electron chi connectivity index (χ4n) is 1.61. The monoisotopic (exact) mass is 226 g/mol. The number of hydrogen-bond donors (Lipinski definition) is 0. The minimum Gasteiger partial charge on any atom is -0.459 e. The third-order valence-corrected chi connectivity index (χ3v) is 2.34. The van der Waals surface area contributed by atoms with Crippen LogP contribution in [0, 0.1) is 0 Å². The maximum absolute atomic E-state index is 11.2. The Bertz CT molecular complexity index is 357. The van der Waals surface area contributed by atoms with Crippen LogP contribution in [0.5, 0.6) is 0 Å². The van der Waals surface area contributed by atoms with Gasteiger partial charge >= 0.3 is 11.9 Å². The van der Waals surface area contributed by atoms with Crippen LogP contribution in [-0.4, -0.2) is 35.5 Å². The molecule has 16 heavy (non-hydrogen) atoms. The molecule has 0 aliphatic carbocycles. The van der Waals surface area contributed by atoms with Crippen molar-refractivity contribution in [3.05, 3.63) is 11.8 Å². The van der Waals surface area contributed by atoms with Gasteiger partial charge < -0.3 is 13.9 Å². The maximum Gasteiger partial charge on any atom is 0.396 e. The topological polar surface area (TPSA) is 74.5 Å². The fourth-order valence-corrected chi connectivity index (χ4v) is 1.61. The molecule has 0 aromatic carbocycles. The summed E-state index contributed by atoms with van der Waals surface area (Å²) in [4.78, 5) is 11.2. The van der Waals surface area contributed by atoms with Gasteiger partial charge in [0.25, 0.3) is 0 Å². The number of nitrogens with zero attached hydrogens (tertiary/aromatic N) is 2. The van der Waals surface area contributed by atoms with E-state index in [9.17, 15) is 4.79 Å². The summed E-state index contributed by atoms with van der Waals surface area (Å²) in [5.41, 5.74) is 0. The molecule has 0 spiro atoms. The lowest BCUT2D eigenvalue weighted by Gasteiger charge is -2.03. The Morgan fingerprint density at radius 3 is 3.12 bits per heavy atom. The Labute approximate surface area is 92.9 Å². The number of esters is 1. The molecule has 0 saturated carbocycles. The van der Waals surface area contributed by atoms with Crippen molar-refractivity contribution in [1.29, 1.82) is 0 Å². The zero-order valence-electron chi connectivity index (χ0n) is 9.14. The molecule has 1 aromatic heterocycles. The van der Waals surface area contributed by atoms with Crippen molar-refractivity contribution in [1.82, 2.24) is 10.2 Å². The molecule has 0 radical (unpaired) electrons. The van der Waals surface area contributed by atoms with Crippen LogP contribution in [0.3, 0.4) is 0 Å². The lowest BCUT2D eigenvalue weighted by Crippen LogP contribution is -2.09. The number of ether oxygens (including phenoxy) is 2. The molecule has 1 aliphatic rings. The van der Waals surface area contributed by atoms with Gasteiger partial charge in [0, 0.05) is 6.61 Å². The highest BCUT2D eigenvalue weighted by Gasteiger charge is 2.21. The number of aromatic nitrogens is 2. The van der Waals surface area contributed by atoms with E-state index in [2.05, 4.69) is 10.2 Å². The van der Waals surface area contributed by atoms with Crippen LogP contribution in [0.1, 0.15) is 36.3 Å². The zero-order valence-corrected chi connectivity index (χ0v) is 9.14. The molecule has 2 heterocycles. The molecule has 6 heteroatoms. The van der Waals surface area contributed by atoms with E-state index in [4.69, 9.17) is 13.9 Å². The Morgan fingerprint density at radius 1 is 1.56 bits per heavy atom. The van der Waals surface area contributed by atoms with Gasteiger partial charge in [0.1, 0.15) is 0 Å². The number of hydrogen-bond acceptors (Lipinski definition) is 6. The van der Waals surface area contributed by atoms with E-state index >= 15 is 0 Å². The Kier molecular flexibility index (Phi) is 3.51.